The molecule has 1 atom stereocenters. The Bertz CT molecular complexity index is 1240. The van der Waals surface area contributed by atoms with Crippen LogP contribution in [0.4, 0.5) is 4.79 Å². The number of hydrogen-bond acceptors (Lipinski definition) is 5. The number of rotatable bonds is 6. The number of fused-ring (bicyclic) bond motifs is 4. The molecule has 180 valence electrons. The van der Waals surface area contributed by atoms with Gasteiger partial charge in [-0.05, 0) is 39.9 Å². The second-order valence-corrected chi connectivity index (χ2v) is 9.30. The highest BCUT2D eigenvalue weighted by Gasteiger charge is 2.30. The van der Waals surface area contributed by atoms with Crippen molar-refractivity contribution in [1.82, 2.24) is 5.32 Å². The quantitative estimate of drug-likeness (QED) is 0.531. The smallest absolute Gasteiger partial charge is 0.407 e. The number of carboxylic acids is 1. The molecule has 3 aromatic rings. The molecule has 0 aromatic heterocycles. The van der Waals surface area contributed by atoms with Crippen molar-refractivity contribution < 1.29 is 28.9 Å². The van der Waals surface area contributed by atoms with E-state index in [0.29, 0.717) is 12.4 Å². The second-order valence-electron chi connectivity index (χ2n) is 9.30. The number of carbonyl (C=O) groups is 2. The first kappa shape index (κ1) is 22.9. The van der Waals surface area contributed by atoms with E-state index in [-0.39, 0.29) is 18.9 Å². The standard InChI is InChI=1S/C28H27NO6/c1-28(2)34-15-18-13-17(11-12-25(18)35-28)14-24(26(30)31)29-27(32)33-16-23-21-9-5-3-7-19(21)20-8-4-6-10-22(20)23/h3-13,23-24H,14-16H2,1-2H3,(H,29,32)(H,30,31)/t24-/m1/s1. The molecule has 2 N–H and O–H groups in total. The van der Waals surface area contributed by atoms with E-state index in [1.807, 2.05) is 56.3 Å². The molecule has 1 aliphatic carbocycles. The third-order valence-electron chi connectivity index (χ3n) is 6.43. The third kappa shape index (κ3) is 4.72. The number of carboxylic acid groups (broad SMARTS) is 1. The number of ether oxygens (including phenoxy) is 3. The molecule has 1 aliphatic heterocycles. The minimum atomic E-state index is -1.13. The van der Waals surface area contributed by atoms with Gasteiger partial charge in [0.2, 0.25) is 5.79 Å². The van der Waals surface area contributed by atoms with E-state index in [1.54, 1.807) is 12.1 Å². The molecule has 0 spiro atoms. The number of alkyl carbamates (subject to hydrolysis) is 1. The molecular formula is C28H27NO6. The Labute approximate surface area is 203 Å². The van der Waals surface area contributed by atoms with Gasteiger partial charge in [-0.25, -0.2) is 9.59 Å². The summed E-state index contributed by atoms with van der Waals surface area (Å²) in [6.45, 7) is 4.16. The molecule has 0 saturated carbocycles. The van der Waals surface area contributed by atoms with E-state index in [4.69, 9.17) is 14.2 Å². The van der Waals surface area contributed by atoms with Crippen molar-refractivity contribution in [3.63, 3.8) is 0 Å². The Hall–Kier alpha value is -3.84. The van der Waals surface area contributed by atoms with E-state index in [9.17, 15) is 14.7 Å². The zero-order chi connectivity index (χ0) is 24.6. The first-order valence-corrected chi connectivity index (χ1v) is 11.6. The largest absolute Gasteiger partial charge is 0.480 e. The molecule has 35 heavy (non-hydrogen) atoms. The van der Waals surface area contributed by atoms with E-state index in [1.165, 1.54) is 0 Å². The van der Waals surface area contributed by atoms with Gasteiger partial charge in [0.15, 0.2) is 0 Å². The fourth-order valence-electron chi connectivity index (χ4n) is 4.74. The van der Waals surface area contributed by atoms with Gasteiger partial charge >= 0.3 is 12.1 Å². The lowest BCUT2D eigenvalue weighted by atomic mass is 9.98. The van der Waals surface area contributed by atoms with E-state index in [0.717, 1.165) is 33.4 Å². The molecule has 2 aliphatic rings. The first-order valence-electron chi connectivity index (χ1n) is 11.6. The summed E-state index contributed by atoms with van der Waals surface area (Å²) in [7, 11) is 0. The Morgan fingerprint density at radius 1 is 1.06 bits per heavy atom. The van der Waals surface area contributed by atoms with Crippen LogP contribution in [0.2, 0.25) is 0 Å². The molecule has 0 bridgehead atoms. The van der Waals surface area contributed by atoms with Crippen LogP contribution in [0.15, 0.2) is 66.7 Å². The zero-order valence-electron chi connectivity index (χ0n) is 19.6. The minimum absolute atomic E-state index is 0.0960. The summed E-state index contributed by atoms with van der Waals surface area (Å²) in [4.78, 5) is 24.5. The maximum absolute atomic E-state index is 12.6. The Balaban J connectivity index is 1.24. The predicted molar refractivity (Wildman–Crippen MR) is 129 cm³/mol. The van der Waals surface area contributed by atoms with Crippen molar-refractivity contribution in [1.29, 1.82) is 0 Å². The summed E-state index contributed by atoms with van der Waals surface area (Å²) < 4.78 is 17.0. The summed E-state index contributed by atoms with van der Waals surface area (Å²) in [5.41, 5.74) is 6.04. The van der Waals surface area contributed by atoms with E-state index < -0.39 is 23.9 Å². The maximum atomic E-state index is 12.6. The zero-order valence-corrected chi connectivity index (χ0v) is 19.6. The van der Waals surface area contributed by atoms with Crippen LogP contribution >= 0.6 is 0 Å². The van der Waals surface area contributed by atoms with Gasteiger partial charge in [-0.15, -0.1) is 0 Å². The summed E-state index contributed by atoms with van der Waals surface area (Å²) in [6, 6.07) is 20.4. The monoisotopic (exact) mass is 473 g/mol. The first-order chi connectivity index (χ1) is 16.8. The van der Waals surface area contributed by atoms with Crippen LogP contribution in [0.3, 0.4) is 0 Å². The van der Waals surface area contributed by atoms with Gasteiger partial charge < -0.3 is 24.6 Å². The maximum Gasteiger partial charge on any atom is 0.407 e. The molecule has 3 aromatic carbocycles. The van der Waals surface area contributed by atoms with Crippen LogP contribution in [0.1, 0.15) is 42.0 Å². The molecule has 0 radical (unpaired) electrons. The SMILES string of the molecule is CC1(C)OCc2cc(C[C@@H](NC(=O)OCC3c4ccccc4-c4ccccc43)C(=O)O)ccc2O1. The highest BCUT2D eigenvalue weighted by molar-refractivity contribution is 5.81. The summed E-state index contributed by atoms with van der Waals surface area (Å²) in [6.07, 6.45) is -0.651. The lowest BCUT2D eigenvalue weighted by Gasteiger charge is -2.32. The number of nitrogens with one attached hydrogen (secondary N) is 1. The molecule has 7 heteroatoms. The number of aliphatic carboxylic acids is 1. The van der Waals surface area contributed by atoms with Crippen molar-refractivity contribution in [3.05, 3.63) is 89.0 Å². The van der Waals surface area contributed by atoms with E-state index >= 15 is 0 Å². The topological polar surface area (TPSA) is 94.1 Å². The average Bonchev–Trinajstić information content (AvgIpc) is 3.15. The van der Waals surface area contributed by atoms with Gasteiger partial charge in [0.05, 0.1) is 6.61 Å². The number of amides is 1. The highest BCUT2D eigenvalue weighted by Crippen LogP contribution is 2.44. The van der Waals surface area contributed by atoms with Crippen molar-refractivity contribution in [2.24, 2.45) is 0 Å². The summed E-state index contributed by atoms with van der Waals surface area (Å²) in [5.74, 6) is -1.23. The van der Waals surface area contributed by atoms with Crippen molar-refractivity contribution in [2.45, 2.75) is 44.6 Å². The summed E-state index contributed by atoms with van der Waals surface area (Å²) >= 11 is 0. The van der Waals surface area contributed by atoms with Gasteiger partial charge in [0.25, 0.3) is 0 Å². The number of benzene rings is 3. The summed E-state index contributed by atoms with van der Waals surface area (Å²) in [5, 5.41) is 12.2. The molecule has 0 unspecified atom stereocenters. The molecule has 1 amide bonds. The Kier molecular flexibility index (Phi) is 5.94. The van der Waals surface area contributed by atoms with Gasteiger partial charge in [0, 0.05) is 31.7 Å². The molecular weight excluding hydrogens is 446 g/mol. The van der Waals surface area contributed by atoms with Crippen LogP contribution in [-0.4, -0.2) is 35.6 Å². The molecule has 5 rings (SSSR count). The van der Waals surface area contributed by atoms with Gasteiger partial charge in [-0.1, -0.05) is 54.6 Å². The third-order valence-corrected chi connectivity index (χ3v) is 6.43. The van der Waals surface area contributed by atoms with E-state index in [2.05, 4.69) is 17.4 Å². The Morgan fingerprint density at radius 3 is 2.37 bits per heavy atom. The molecule has 0 fully saturated rings. The van der Waals surface area contributed by atoms with Gasteiger partial charge in [0.1, 0.15) is 18.4 Å². The van der Waals surface area contributed by atoms with Crippen LogP contribution in [0, 0.1) is 0 Å². The Morgan fingerprint density at radius 2 is 1.71 bits per heavy atom. The molecule has 7 nitrogen and oxygen atoms in total. The van der Waals surface area contributed by atoms with Crippen LogP contribution < -0.4 is 10.1 Å². The van der Waals surface area contributed by atoms with Crippen LogP contribution in [0.5, 0.6) is 5.75 Å². The van der Waals surface area contributed by atoms with Crippen molar-refractivity contribution >= 4 is 12.1 Å². The number of carbonyl (C=O) groups excluding carboxylic acids is 1. The van der Waals surface area contributed by atoms with Crippen LogP contribution in [0.25, 0.3) is 11.1 Å². The lowest BCUT2D eigenvalue weighted by Crippen LogP contribution is -2.43. The van der Waals surface area contributed by atoms with Crippen molar-refractivity contribution in [2.75, 3.05) is 6.61 Å². The fraction of sp³-hybridized carbons (Fsp3) is 0.286. The molecule has 0 saturated heterocycles. The minimum Gasteiger partial charge on any atom is -0.480 e. The average molecular weight is 474 g/mol. The van der Waals surface area contributed by atoms with Gasteiger partial charge in [-0.3, -0.25) is 0 Å². The predicted octanol–water partition coefficient (Wildman–Crippen LogP) is 4.87. The second kappa shape index (κ2) is 9.07. The fourth-order valence-corrected chi connectivity index (χ4v) is 4.74. The van der Waals surface area contributed by atoms with Crippen molar-refractivity contribution in [3.8, 4) is 16.9 Å². The normalized spacial score (nSPS) is 16.3. The highest BCUT2D eigenvalue weighted by atomic mass is 16.7. The molecule has 1 heterocycles. The van der Waals surface area contributed by atoms with Crippen LogP contribution in [-0.2, 0) is 27.3 Å². The lowest BCUT2D eigenvalue weighted by molar-refractivity contribution is -0.180. The van der Waals surface area contributed by atoms with Gasteiger partial charge in [-0.2, -0.15) is 0 Å². The number of hydrogen-bond donors (Lipinski definition) is 2.